The molecule has 2 fully saturated rings. The molecule has 0 aromatic carbocycles. The van der Waals surface area contributed by atoms with Crippen molar-refractivity contribution < 1.29 is 9.84 Å². The van der Waals surface area contributed by atoms with Crippen molar-refractivity contribution in [3.05, 3.63) is 0 Å². The van der Waals surface area contributed by atoms with E-state index in [1.807, 2.05) is 0 Å². The van der Waals surface area contributed by atoms with E-state index in [1.54, 1.807) is 7.11 Å². The fourth-order valence-electron chi connectivity index (χ4n) is 3.69. The number of likely N-dealkylation sites (tertiary alicyclic amines) is 2. The van der Waals surface area contributed by atoms with Gasteiger partial charge in [0.25, 0.3) is 0 Å². The quantitative estimate of drug-likeness (QED) is 0.733. The van der Waals surface area contributed by atoms with Crippen LogP contribution in [0.4, 0.5) is 0 Å². The van der Waals surface area contributed by atoms with Crippen LogP contribution in [-0.4, -0.2) is 79.5 Å². The number of nitrogens with zero attached hydrogens (tertiary/aromatic N) is 2. The molecule has 2 saturated heterocycles. The van der Waals surface area contributed by atoms with Crippen LogP contribution < -0.4 is 5.73 Å². The smallest absolute Gasteiger partial charge is 0.0629 e. The van der Waals surface area contributed by atoms with Crippen LogP contribution in [0.5, 0.6) is 0 Å². The van der Waals surface area contributed by atoms with Gasteiger partial charge >= 0.3 is 0 Å². The monoisotopic (exact) mass is 285 g/mol. The van der Waals surface area contributed by atoms with Crippen LogP contribution in [-0.2, 0) is 4.74 Å². The topological polar surface area (TPSA) is 62.0 Å². The van der Waals surface area contributed by atoms with E-state index < -0.39 is 0 Å². The van der Waals surface area contributed by atoms with E-state index in [-0.39, 0.29) is 18.7 Å². The lowest BCUT2D eigenvalue weighted by Gasteiger charge is -2.43. The molecule has 0 amide bonds. The Labute approximate surface area is 123 Å². The Hall–Kier alpha value is -0.200. The fourth-order valence-corrected chi connectivity index (χ4v) is 3.69. The lowest BCUT2D eigenvalue weighted by Crippen LogP contribution is -2.56. The molecule has 2 aliphatic heterocycles. The summed E-state index contributed by atoms with van der Waals surface area (Å²) in [5.41, 5.74) is 6.11. The second kappa shape index (κ2) is 8.29. The Morgan fingerprint density at radius 1 is 1.15 bits per heavy atom. The summed E-state index contributed by atoms with van der Waals surface area (Å²) in [5.74, 6) is 0. The average Bonchev–Trinajstić information content (AvgIpc) is 2.50. The lowest BCUT2D eigenvalue weighted by molar-refractivity contribution is 0.0299. The van der Waals surface area contributed by atoms with Gasteiger partial charge in [-0.15, -0.1) is 0 Å². The van der Waals surface area contributed by atoms with Gasteiger partial charge in [0, 0.05) is 32.3 Å². The molecule has 0 aromatic rings. The van der Waals surface area contributed by atoms with E-state index in [4.69, 9.17) is 10.5 Å². The molecule has 0 bridgehead atoms. The van der Waals surface area contributed by atoms with Gasteiger partial charge < -0.3 is 20.5 Å². The fraction of sp³-hybridized carbons (Fsp3) is 1.00. The van der Waals surface area contributed by atoms with Gasteiger partial charge in [0.15, 0.2) is 0 Å². The van der Waals surface area contributed by atoms with Crippen LogP contribution in [0, 0.1) is 0 Å². The van der Waals surface area contributed by atoms with Crippen LogP contribution in [0.3, 0.4) is 0 Å². The summed E-state index contributed by atoms with van der Waals surface area (Å²) >= 11 is 0. The van der Waals surface area contributed by atoms with Crippen molar-refractivity contribution >= 4 is 0 Å². The molecule has 0 aromatic heterocycles. The van der Waals surface area contributed by atoms with E-state index in [1.165, 1.54) is 45.2 Å². The molecule has 118 valence electrons. The normalized spacial score (nSPS) is 26.6. The van der Waals surface area contributed by atoms with Crippen molar-refractivity contribution in [2.24, 2.45) is 5.73 Å². The zero-order valence-electron chi connectivity index (χ0n) is 12.8. The van der Waals surface area contributed by atoms with E-state index in [9.17, 15) is 5.11 Å². The summed E-state index contributed by atoms with van der Waals surface area (Å²) in [5, 5.41) is 9.60. The molecule has 2 heterocycles. The molecular weight excluding hydrogens is 254 g/mol. The molecular formula is C15H31N3O2. The maximum Gasteiger partial charge on any atom is 0.0629 e. The van der Waals surface area contributed by atoms with Crippen LogP contribution in [0.15, 0.2) is 0 Å². The Kier molecular flexibility index (Phi) is 6.71. The summed E-state index contributed by atoms with van der Waals surface area (Å²) in [6.45, 7) is 5.28. The first kappa shape index (κ1) is 16.2. The van der Waals surface area contributed by atoms with Gasteiger partial charge in [0.1, 0.15) is 0 Å². The van der Waals surface area contributed by atoms with Gasteiger partial charge in [0.2, 0.25) is 0 Å². The summed E-state index contributed by atoms with van der Waals surface area (Å²) < 4.78 is 5.12. The zero-order chi connectivity index (χ0) is 14.4. The minimum absolute atomic E-state index is 0.0391. The standard InChI is InChI=1S/C15H31N3O2/c1-20-12-14(16)15(11-19)18-9-5-13(6-10-18)17-7-3-2-4-8-17/h13-15,19H,2-12,16H2,1H3. The molecule has 2 unspecified atom stereocenters. The second-order valence-electron chi connectivity index (χ2n) is 6.23. The molecule has 5 heteroatoms. The minimum atomic E-state index is -0.100. The number of nitrogens with two attached hydrogens (primary N) is 1. The SMILES string of the molecule is COCC(N)C(CO)N1CCC(N2CCCCC2)CC1. The minimum Gasteiger partial charge on any atom is -0.395 e. The number of hydrogen-bond donors (Lipinski definition) is 2. The maximum absolute atomic E-state index is 9.60. The second-order valence-corrected chi connectivity index (χ2v) is 6.23. The molecule has 0 radical (unpaired) electrons. The third-order valence-corrected chi connectivity index (χ3v) is 4.92. The predicted octanol–water partition coefficient (Wildman–Crippen LogP) is 0.271. The highest BCUT2D eigenvalue weighted by atomic mass is 16.5. The predicted molar refractivity (Wildman–Crippen MR) is 80.7 cm³/mol. The lowest BCUT2D eigenvalue weighted by atomic mass is 9.97. The molecule has 0 saturated carbocycles. The van der Waals surface area contributed by atoms with Gasteiger partial charge in [0.05, 0.1) is 19.3 Å². The third-order valence-electron chi connectivity index (χ3n) is 4.92. The van der Waals surface area contributed by atoms with Gasteiger partial charge in [-0.3, -0.25) is 4.90 Å². The Morgan fingerprint density at radius 2 is 1.80 bits per heavy atom. The van der Waals surface area contributed by atoms with Crippen LogP contribution in [0.25, 0.3) is 0 Å². The average molecular weight is 285 g/mol. The van der Waals surface area contributed by atoms with Crippen LogP contribution >= 0.6 is 0 Å². The van der Waals surface area contributed by atoms with Crippen molar-refractivity contribution in [2.45, 2.75) is 50.2 Å². The van der Waals surface area contributed by atoms with Crippen LogP contribution in [0.1, 0.15) is 32.1 Å². The molecule has 2 aliphatic rings. The number of methoxy groups -OCH3 is 1. The number of rotatable bonds is 6. The number of piperidine rings is 2. The first-order chi connectivity index (χ1) is 9.76. The number of ether oxygens (including phenoxy) is 1. The molecule has 5 nitrogen and oxygen atoms in total. The molecule has 2 atom stereocenters. The molecule has 20 heavy (non-hydrogen) atoms. The Morgan fingerprint density at radius 3 is 2.35 bits per heavy atom. The van der Waals surface area contributed by atoms with Crippen molar-refractivity contribution in [1.29, 1.82) is 0 Å². The first-order valence-electron chi connectivity index (χ1n) is 8.09. The van der Waals surface area contributed by atoms with Gasteiger partial charge in [-0.25, -0.2) is 0 Å². The number of hydrogen-bond acceptors (Lipinski definition) is 5. The van der Waals surface area contributed by atoms with E-state index in [0.717, 1.165) is 19.1 Å². The van der Waals surface area contributed by atoms with Crippen LogP contribution in [0.2, 0.25) is 0 Å². The summed E-state index contributed by atoms with van der Waals surface area (Å²) in [7, 11) is 1.66. The van der Waals surface area contributed by atoms with E-state index >= 15 is 0 Å². The molecule has 3 N–H and O–H groups in total. The Bertz CT molecular complexity index is 264. The summed E-state index contributed by atoms with van der Waals surface area (Å²) in [4.78, 5) is 5.02. The van der Waals surface area contributed by atoms with E-state index in [0.29, 0.717) is 6.61 Å². The third kappa shape index (κ3) is 4.15. The van der Waals surface area contributed by atoms with Gasteiger partial charge in [-0.1, -0.05) is 6.42 Å². The highest BCUT2D eigenvalue weighted by Gasteiger charge is 2.31. The largest absolute Gasteiger partial charge is 0.395 e. The Balaban J connectivity index is 1.79. The van der Waals surface area contributed by atoms with Crippen molar-refractivity contribution in [2.75, 3.05) is 46.5 Å². The summed E-state index contributed by atoms with van der Waals surface area (Å²) in [6.07, 6.45) is 6.52. The maximum atomic E-state index is 9.60. The number of aliphatic hydroxyl groups is 1. The van der Waals surface area contributed by atoms with Gasteiger partial charge in [-0.05, 0) is 38.8 Å². The van der Waals surface area contributed by atoms with Crippen molar-refractivity contribution in [3.63, 3.8) is 0 Å². The molecule has 2 rings (SSSR count). The van der Waals surface area contributed by atoms with Gasteiger partial charge in [-0.2, -0.15) is 0 Å². The first-order valence-corrected chi connectivity index (χ1v) is 8.09. The molecule has 0 spiro atoms. The molecule has 0 aliphatic carbocycles. The highest BCUT2D eigenvalue weighted by molar-refractivity contribution is 4.88. The highest BCUT2D eigenvalue weighted by Crippen LogP contribution is 2.22. The van der Waals surface area contributed by atoms with Crippen molar-refractivity contribution in [1.82, 2.24) is 9.80 Å². The van der Waals surface area contributed by atoms with E-state index in [2.05, 4.69) is 9.80 Å². The summed E-state index contributed by atoms with van der Waals surface area (Å²) in [6, 6.07) is 0.679. The van der Waals surface area contributed by atoms with Crippen molar-refractivity contribution in [3.8, 4) is 0 Å². The zero-order valence-corrected chi connectivity index (χ0v) is 12.8. The number of aliphatic hydroxyl groups excluding tert-OH is 1.